The lowest BCUT2D eigenvalue weighted by atomic mass is 10.1. The lowest BCUT2D eigenvalue weighted by Crippen LogP contribution is -2.32. The van der Waals surface area contributed by atoms with Gasteiger partial charge in [0.25, 0.3) is 0 Å². The minimum absolute atomic E-state index is 0.353. The van der Waals surface area contributed by atoms with Gasteiger partial charge in [-0.05, 0) is 32.4 Å². The molecule has 0 amide bonds. The van der Waals surface area contributed by atoms with Crippen LogP contribution in [0.4, 0.5) is 0 Å². The summed E-state index contributed by atoms with van der Waals surface area (Å²) < 4.78 is 5.67. The summed E-state index contributed by atoms with van der Waals surface area (Å²) >= 11 is 0. The molecular formula is C12H23NO2. The molecule has 15 heavy (non-hydrogen) atoms. The number of rotatable bonds is 7. The predicted octanol–water partition coefficient (Wildman–Crippen LogP) is 1.90. The van der Waals surface area contributed by atoms with Crippen molar-refractivity contribution in [3.63, 3.8) is 0 Å². The van der Waals surface area contributed by atoms with E-state index in [0.29, 0.717) is 24.9 Å². The molecule has 0 saturated carbocycles. The summed E-state index contributed by atoms with van der Waals surface area (Å²) in [6.07, 6.45) is 6.00. The van der Waals surface area contributed by atoms with Crippen LogP contribution in [0, 0.1) is 0 Å². The van der Waals surface area contributed by atoms with Crippen LogP contribution in [0.15, 0.2) is 0 Å². The fourth-order valence-electron chi connectivity index (χ4n) is 1.80. The van der Waals surface area contributed by atoms with Crippen LogP contribution in [0.3, 0.4) is 0 Å². The Labute approximate surface area is 92.6 Å². The van der Waals surface area contributed by atoms with Gasteiger partial charge in [0, 0.05) is 12.8 Å². The summed E-state index contributed by atoms with van der Waals surface area (Å²) in [6, 6.07) is 0. The quantitative estimate of drug-likeness (QED) is 0.702. The van der Waals surface area contributed by atoms with Crippen molar-refractivity contribution in [1.29, 1.82) is 0 Å². The van der Waals surface area contributed by atoms with E-state index in [1.165, 1.54) is 0 Å². The third kappa shape index (κ3) is 5.90. The number of nitrogens with one attached hydrogen (secondary N) is 1. The second-order valence-electron chi connectivity index (χ2n) is 4.21. The molecule has 1 aliphatic heterocycles. The zero-order valence-corrected chi connectivity index (χ0v) is 9.76. The minimum atomic E-state index is 0.353. The molecule has 3 heteroatoms. The van der Waals surface area contributed by atoms with Gasteiger partial charge in [0.05, 0.1) is 12.7 Å². The molecule has 1 rings (SSSR count). The molecule has 0 bridgehead atoms. The first kappa shape index (κ1) is 12.7. The Morgan fingerprint density at radius 3 is 2.73 bits per heavy atom. The number of Topliss-reactive ketones (excluding diaryl/α,β-unsaturated/α-hetero) is 1. The predicted molar refractivity (Wildman–Crippen MR) is 61.0 cm³/mol. The van der Waals surface area contributed by atoms with Gasteiger partial charge in [-0.15, -0.1) is 0 Å². The highest BCUT2D eigenvalue weighted by Crippen LogP contribution is 2.08. The summed E-state index contributed by atoms with van der Waals surface area (Å²) in [5, 5.41) is 3.29. The Balaban J connectivity index is 1.97. The normalized spacial score (nSPS) is 17.9. The van der Waals surface area contributed by atoms with Crippen LogP contribution in [-0.2, 0) is 9.53 Å². The SMILES string of the molecule is CCCCC(=O)CCOC1CCNCC1. The molecule has 1 aliphatic rings. The average Bonchev–Trinajstić information content (AvgIpc) is 2.28. The summed E-state index contributed by atoms with van der Waals surface area (Å²) in [5.74, 6) is 0.353. The maximum atomic E-state index is 11.4. The Kier molecular flexibility index (Phi) is 6.60. The molecule has 88 valence electrons. The number of carbonyl (C=O) groups is 1. The van der Waals surface area contributed by atoms with E-state index in [1.54, 1.807) is 0 Å². The molecule has 0 atom stereocenters. The highest BCUT2D eigenvalue weighted by atomic mass is 16.5. The lowest BCUT2D eigenvalue weighted by molar-refractivity contribution is -0.120. The van der Waals surface area contributed by atoms with Gasteiger partial charge in [-0.2, -0.15) is 0 Å². The first-order valence-corrected chi connectivity index (χ1v) is 6.17. The molecule has 0 spiro atoms. The van der Waals surface area contributed by atoms with E-state index in [9.17, 15) is 4.79 Å². The largest absolute Gasteiger partial charge is 0.378 e. The lowest BCUT2D eigenvalue weighted by Gasteiger charge is -2.22. The molecular weight excluding hydrogens is 190 g/mol. The Morgan fingerprint density at radius 2 is 2.07 bits per heavy atom. The number of hydrogen-bond acceptors (Lipinski definition) is 3. The van der Waals surface area contributed by atoms with Gasteiger partial charge in [-0.3, -0.25) is 4.79 Å². The van der Waals surface area contributed by atoms with Gasteiger partial charge in [0.15, 0.2) is 0 Å². The van der Waals surface area contributed by atoms with Crippen molar-refractivity contribution in [3.05, 3.63) is 0 Å². The van der Waals surface area contributed by atoms with Crippen LogP contribution in [0.25, 0.3) is 0 Å². The first-order chi connectivity index (χ1) is 7.33. The fourth-order valence-corrected chi connectivity index (χ4v) is 1.80. The molecule has 0 aromatic heterocycles. The number of ether oxygens (including phenoxy) is 1. The van der Waals surface area contributed by atoms with Crippen molar-refractivity contribution >= 4 is 5.78 Å². The molecule has 0 unspecified atom stereocenters. The van der Waals surface area contributed by atoms with Crippen LogP contribution in [-0.4, -0.2) is 31.6 Å². The summed E-state index contributed by atoms with van der Waals surface area (Å²) in [5.41, 5.74) is 0. The van der Waals surface area contributed by atoms with Crippen LogP contribution in [0.2, 0.25) is 0 Å². The average molecular weight is 213 g/mol. The first-order valence-electron chi connectivity index (χ1n) is 6.17. The Hall–Kier alpha value is -0.410. The highest BCUT2D eigenvalue weighted by Gasteiger charge is 2.13. The zero-order chi connectivity index (χ0) is 10.9. The molecule has 0 radical (unpaired) electrons. The van der Waals surface area contributed by atoms with Crippen molar-refractivity contribution < 1.29 is 9.53 Å². The standard InChI is InChI=1S/C12H23NO2/c1-2-3-4-11(14)7-10-15-12-5-8-13-9-6-12/h12-13H,2-10H2,1H3. The van der Waals surface area contributed by atoms with Crippen molar-refractivity contribution in [3.8, 4) is 0 Å². The summed E-state index contributed by atoms with van der Waals surface area (Å²) in [4.78, 5) is 11.4. The maximum absolute atomic E-state index is 11.4. The van der Waals surface area contributed by atoms with Crippen LogP contribution in [0.1, 0.15) is 45.4 Å². The van der Waals surface area contributed by atoms with Crippen LogP contribution >= 0.6 is 0 Å². The highest BCUT2D eigenvalue weighted by molar-refractivity contribution is 5.78. The topological polar surface area (TPSA) is 38.3 Å². The molecule has 1 fully saturated rings. The van der Waals surface area contributed by atoms with E-state index in [-0.39, 0.29) is 0 Å². The van der Waals surface area contributed by atoms with Gasteiger partial charge < -0.3 is 10.1 Å². The number of unbranched alkanes of at least 4 members (excludes halogenated alkanes) is 1. The van der Waals surface area contributed by atoms with Gasteiger partial charge in [-0.25, -0.2) is 0 Å². The van der Waals surface area contributed by atoms with Gasteiger partial charge in [0.2, 0.25) is 0 Å². The number of piperidine rings is 1. The number of ketones is 1. The van der Waals surface area contributed by atoms with E-state index in [1.807, 2.05) is 0 Å². The van der Waals surface area contributed by atoms with E-state index >= 15 is 0 Å². The van der Waals surface area contributed by atoms with Crippen molar-refractivity contribution in [2.45, 2.75) is 51.6 Å². The van der Waals surface area contributed by atoms with Crippen LogP contribution < -0.4 is 5.32 Å². The molecule has 3 nitrogen and oxygen atoms in total. The van der Waals surface area contributed by atoms with E-state index in [0.717, 1.165) is 45.2 Å². The molecule has 1 saturated heterocycles. The number of hydrogen-bond donors (Lipinski definition) is 1. The third-order valence-corrected chi connectivity index (χ3v) is 2.83. The summed E-state index contributed by atoms with van der Waals surface area (Å²) in [6.45, 7) is 4.83. The van der Waals surface area contributed by atoms with E-state index in [2.05, 4.69) is 12.2 Å². The number of carbonyl (C=O) groups excluding carboxylic acids is 1. The van der Waals surface area contributed by atoms with Gasteiger partial charge in [0.1, 0.15) is 5.78 Å². The second kappa shape index (κ2) is 7.83. The maximum Gasteiger partial charge on any atom is 0.135 e. The van der Waals surface area contributed by atoms with Crippen molar-refractivity contribution in [2.24, 2.45) is 0 Å². The molecule has 0 aliphatic carbocycles. The molecule has 1 heterocycles. The van der Waals surface area contributed by atoms with E-state index < -0.39 is 0 Å². The van der Waals surface area contributed by atoms with Gasteiger partial charge in [-0.1, -0.05) is 13.3 Å². The van der Waals surface area contributed by atoms with Crippen LogP contribution in [0.5, 0.6) is 0 Å². The second-order valence-corrected chi connectivity index (χ2v) is 4.21. The van der Waals surface area contributed by atoms with Gasteiger partial charge >= 0.3 is 0 Å². The molecule has 0 aromatic carbocycles. The monoisotopic (exact) mass is 213 g/mol. The Morgan fingerprint density at radius 1 is 1.33 bits per heavy atom. The third-order valence-electron chi connectivity index (χ3n) is 2.83. The smallest absolute Gasteiger partial charge is 0.135 e. The molecule has 0 aromatic rings. The fraction of sp³-hybridized carbons (Fsp3) is 0.917. The summed E-state index contributed by atoms with van der Waals surface area (Å²) in [7, 11) is 0. The van der Waals surface area contributed by atoms with Crippen molar-refractivity contribution in [2.75, 3.05) is 19.7 Å². The Bertz CT molecular complexity index is 176. The minimum Gasteiger partial charge on any atom is -0.378 e. The zero-order valence-electron chi connectivity index (χ0n) is 9.76. The molecule has 1 N–H and O–H groups in total. The van der Waals surface area contributed by atoms with E-state index in [4.69, 9.17) is 4.74 Å². The van der Waals surface area contributed by atoms with Crippen molar-refractivity contribution in [1.82, 2.24) is 5.32 Å².